The topological polar surface area (TPSA) is 50.8 Å². The molecule has 1 amide bonds. The summed E-state index contributed by atoms with van der Waals surface area (Å²) in [7, 11) is 2.15. The fourth-order valence-corrected chi connectivity index (χ4v) is 3.27. The molecule has 2 aliphatic heterocycles. The van der Waals surface area contributed by atoms with E-state index >= 15 is 0 Å². The number of carbonyl (C=O) groups excluding carboxylic acids is 1. The van der Waals surface area contributed by atoms with Crippen LogP contribution < -0.4 is 10.1 Å². The first kappa shape index (κ1) is 17.2. The van der Waals surface area contributed by atoms with Crippen LogP contribution in [0.3, 0.4) is 0 Å². The first-order valence-electron chi connectivity index (χ1n) is 9.01. The first-order chi connectivity index (χ1) is 11.7. The van der Waals surface area contributed by atoms with Gasteiger partial charge in [0.05, 0.1) is 12.5 Å². The molecule has 132 valence electrons. The minimum atomic E-state index is 0.0635. The molecular formula is C19H28N2O3. The van der Waals surface area contributed by atoms with Gasteiger partial charge in [0.2, 0.25) is 5.91 Å². The molecule has 2 saturated heterocycles. The summed E-state index contributed by atoms with van der Waals surface area (Å²) in [6, 6.07) is 8.05. The summed E-state index contributed by atoms with van der Waals surface area (Å²) in [5.41, 5.74) is 1.09. The predicted molar refractivity (Wildman–Crippen MR) is 93.0 cm³/mol. The summed E-state index contributed by atoms with van der Waals surface area (Å²) in [6.45, 7) is 3.54. The molecular weight excluding hydrogens is 304 g/mol. The number of hydrogen-bond acceptors (Lipinski definition) is 4. The molecule has 0 bridgehead atoms. The van der Waals surface area contributed by atoms with Crippen molar-refractivity contribution in [1.29, 1.82) is 0 Å². The molecule has 0 unspecified atom stereocenters. The smallest absolute Gasteiger partial charge is 0.222 e. The Bertz CT molecular complexity index is 518. The lowest BCUT2D eigenvalue weighted by Crippen LogP contribution is -2.35. The second kappa shape index (κ2) is 8.49. The highest BCUT2D eigenvalue weighted by atomic mass is 16.5. The monoisotopic (exact) mass is 332 g/mol. The van der Waals surface area contributed by atoms with Gasteiger partial charge in [-0.25, -0.2) is 0 Å². The van der Waals surface area contributed by atoms with Crippen LogP contribution >= 0.6 is 0 Å². The molecule has 2 aliphatic rings. The van der Waals surface area contributed by atoms with Crippen LogP contribution in [0.5, 0.6) is 5.75 Å². The number of carbonyl (C=O) groups is 1. The summed E-state index contributed by atoms with van der Waals surface area (Å²) < 4.78 is 11.5. The van der Waals surface area contributed by atoms with Crippen LogP contribution in [0.1, 0.15) is 37.7 Å². The van der Waals surface area contributed by atoms with E-state index in [1.54, 1.807) is 0 Å². The number of benzene rings is 1. The van der Waals surface area contributed by atoms with Crippen molar-refractivity contribution in [1.82, 2.24) is 10.2 Å². The lowest BCUT2D eigenvalue weighted by molar-refractivity contribution is -0.123. The Balaban J connectivity index is 1.40. The van der Waals surface area contributed by atoms with Crippen LogP contribution in [-0.2, 0) is 16.1 Å². The third-order valence-corrected chi connectivity index (χ3v) is 4.82. The van der Waals surface area contributed by atoms with E-state index in [2.05, 4.69) is 17.3 Å². The summed E-state index contributed by atoms with van der Waals surface area (Å²) in [6.07, 6.45) is 5.12. The van der Waals surface area contributed by atoms with Crippen molar-refractivity contribution in [3.05, 3.63) is 29.8 Å². The van der Waals surface area contributed by atoms with Gasteiger partial charge in [-0.1, -0.05) is 12.1 Å². The summed E-state index contributed by atoms with van der Waals surface area (Å²) >= 11 is 0. The van der Waals surface area contributed by atoms with Crippen molar-refractivity contribution in [3.8, 4) is 5.75 Å². The molecule has 0 aromatic heterocycles. The zero-order valence-corrected chi connectivity index (χ0v) is 14.5. The summed E-state index contributed by atoms with van der Waals surface area (Å²) in [5.74, 6) is 0.979. The van der Waals surface area contributed by atoms with Crippen LogP contribution in [0.15, 0.2) is 24.3 Å². The average molecular weight is 332 g/mol. The Morgan fingerprint density at radius 2 is 2.00 bits per heavy atom. The number of nitrogens with one attached hydrogen (secondary N) is 1. The van der Waals surface area contributed by atoms with Gasteiger partial charge in [-0.2, -0.15) is 0 Å². The predicted octanol–water partition coefficient (Wildman–Crippen LogP) is 2.34. The van der Waals surface area contributed by atoms with E-state index in [9.17, 15) is 4.79 Å². The molecule has 2 fully saturated rings. The van der Waals surface area contributed by atoms with Gasteiger partial charge in [-0.15, -0.1) is 0 Å². The minimum absolute atomic E-state index is 0.0635. The fourth-order valence-electron chi connectivity index (χ4n) is 3.27. The molecule has 5 nitrogen and oxygen atoms in total. The highest BCUT2D eigenvalue weighted by Gasteiger charge is 2.19. The molecule has 2 heterocycles. The zero-order valence-electron chi connectivity index (χ0n) is 14.5. The molecule has 1 aromatic rings. The molecule has 5 heteroatoms. The number of piperidine rings is 1. The Kier molecular flexibility index (Phi) is 6.10. The van der Waals surface area contributed by atoms with Crippen LogP contribution in [0.2, 0.25) is 0 Å². The molecule has 3 rings (SSSR count). The van der Waals surface area contributed by atoms with E-state index < -0.39 is 0 Å². The largest absolute Gasteiger partial charge is 0.490 e. The molecule has 1 atom stereocenters. The van der Waals surface area contributed by atoms with Gasteiger partial charge in [-0.3, -0.25) is 4.79 Å². The van der Waals surface area contributed by atoms with Gasteiger partial charge >= 0.3 is 0 Å². The molecule has 1 aromatic carbocycles. The first-order valence-corrected chi connectivity index (χ1v) is 9.01. The van der Waals surface area contributed by atoms with E-state index in [0.29, 0.717) is 19.1 Å². The molecule has 0 aliphatic carbocycles. The number of likely N-dealkylation sites (tertiary alicyclic amines) is 1. The van der Waals surface area contributed by atoms with E-state index in [4.69, 9.17) is 9.47 Å². The number of hydrogen-bond donors (Lipinski definition) is 1. The van der Waals surface area contributed by atoms with E-state index in [-0.39, 0.29) is 12.0 Å². The summed E-state index contributed by atoms with van der Waals surface area (Å²) in [4.78, 5) is 14.2. The molecule has 24 heavy (non-hydrogen) atoms. The molecule has 0 radical (unpaired) electrons. The number of nitrogens with zero attached hydrogens (tertiary/aromatic N) is 1. The Morgan fingerprint density at radius 1 is 1.25 bits per heavy atom. The second-order valence-electron chi connectivity index (χ2n) is 6.88. The van der Waals surface area contributed by atoms with Crippen LogP contribution in [-0.4, -0.2) is 49.8 Å². The third kappa shape index (κ3) is 5.21. The molecule has 0 spiro atoms. The fraction of sp³-hybridized carbons (Fsp3) is 0.632. The van der Waals surface area contributed by atoms with E-state index in [1.165, 1.54) is 0 Å². The molecule has 1 N–H and O–H groups in total. The maximum absolute atomic E-state index is 11.9. The number of ether oxygens (including phenoxy) is 2. The van der Waals surface area contributed by atoms with Gasteiger partial charge in [0.25, 0.3) is 0 Å². The minimum Gasteiger partial charge on any atom is -0.490 e. The average Bonchev–Trinajstić information content (AvgIpc) is 3.09. The van der Waals surface area contributed by atoms with Crippen molar-refractivity contribution in [2.24, 2.45) is 0 Å². The SMILES string of the molecule is CN1CCC(Oc2ccc(CNC(=O)C[C@H]3CCCO3)cc2)CC1. The maximum Gasteiger partial charge on any atom is 0.222 e. The van der Waals surface area contributed by atoms with Gasteiger partial charge in [0, 0.05) is 26.2 Å². The highest BCUT2D eigenvalue weighted by Crippen LogP contribution is 2.19. The Morgan fingerprint density at radius 3 is 2.67 bits per heavy atom. The normalized spacial score (nSPS) is 22.5. The molecule has 0 saturated carbocycles. The van der Waals surface area contributed by atoms with Gasteiger partial charge < -0.3 is 19.7 Å². The quantitative estimate of drug-likeness (QED) is 0.869. The van der Waals surface area contributed by atoms with Gasteiger partial charge in [0.15, 0.2) is 0 Å². The van der Waals surface area contributed by atoms with Crippen molar-refractivity contribution >= 4 is 5.91 Å². The van der Waals surface area contributed by atoms with Crippen LogP contribution in [0.25, 0.3) is 0 Å². The van der Waals surface area contributed by atoms with E-state index in [0.717, 1.165) is 56.7 Å². The lowest BCUT2D eigenvalue weighted by Gasteiger charge is -2.29. The second-order valence-corrected chi connectivity index (χ2v) is 6.88. The van der Waals surface area contributed by atoms with Gasteiger partial charge in [0.1, 0.15) is 11.9 Å². The Labute approximate surface area is 144 Å². The van der Waals surface area contributed by atoms with Crippen molar-refractivity contribution in [3.63, 3.8) is 0 Å². The standard InChI is InChI=1S/C19H28N2O3/c1-21-10-8-17(9-11-21)24-16-6-4-15(5-7-16)14-20-19(22)13-18-3-2-12-23-18/h4-7,17-18H,2-3,8-14H2,1H3,(H,20,22)/t18-/m1/s1. The lowest BCUT2D eigenvalue weighted by atomic mass is 10.1. The van der Waals surface area contributed by atoms with Crippen LogP contribution in [0, 0.1) is 0 Å². The number of rotatable bonds is 6. The Hall–Kier alpha value is -1.59. The number of amides is 1. The van der Waals surface area contributed by atoms with Gasteiger partial charge in [-0.05, 0) is 50.4 Å². The maximum atomic E-state index is 11.9. The van der Waals surface area contributed by atoms with Crippen molar-refractivity contribution in [2.75, 3.05) is 26.7 Å². The highest BCUT2D eigenvalue weighted by molar-refractivity contribution is 5.76. The van der Waals surface area contributed by atoms with Crippen molar-refractivity contribution < 1.29 is 14.3 Å². The van der Waals surface area contributed by atoms with Crippen LogP contribution in [0.4, 0.5) is 0 Å². The zero-order chi connectivity index (χ0) is 16.8. The van der Waals surface area contributed by atoms with E-state index in [1.807, 2.05) is 24.3 Å². The summed E-state index contributed by atoms with van der Waals surface area (Å²) in [5, 5.41) is 2.97. The van der Waals surface area contributed by atoms with Crippen molar-refractivity contribution in [2.45, 2.75) is 50.9 Å². The third-order valence-electron chi connectivity index (χ3n) is 4.82.